The number of aryl methyl sites for hydroxylation is 1. The maximum absolute atomic E-state index is 14.9. The second-order valence-corrected chi connectivity index (χ2v) is 9.59. The van der Waals surface area contributed by atoms with E-state index in [9.17, 15) is 14.3 Å². The number of hydrogen-bond donors (Lipinski definition) is 1. The molecule has 1 aliphatic rings. The first-order valence-electron chi connectivity index (χ1n) is 11.2. The minimum Gasteiger partial charge on any atom is -0.477 e. The van der Waals surface area contributed by atoms with Gasteiger partial charge in [-0.2, -0.15) is 0 Å². The summed E-state index contributed by atoms with van der Waals surface area (Å²) >= 11 is 3.54. The van der Waals surface area contributed by atoms with Gasteiger partial charge in [-0.05, 0) is 66.2 Å². The summed E-state index contributed by atoms with van der Waals surface area (Å²) in [6.45, 7) is 8.50. The van der Waals surface area contributed by atoms with Crippen LogP contribution in [-0.4, -0.2) is 15.6 Å². The van der Waals surface area contributed by atoms with Crippen LogP contribution in [-0.2, 0) is 13.0 Å². The van der Waals surface area contributed by atoms with Gasteiger partial charge in [0, 0.05) is 26.5 Å². The normalized spacial score (nSPS) is 19.1. The minimum absolute atomic E-state index is 0.127. The lowest BCUT2D eigenvalue weighted by atomic mass is 9.90. The number of carbonyl (C=O) groups is 1. The molecule has 33 heavy (non-hydrogen) atoms. The van der Waals surface area contributed by atoms with Crippen molar-refractivity contribution in [2.75, 3.05) is 0 Å². The van der Waals surface area contributed by atoms with Crippen LogP contribution in [0.2, 0.25) is 0 Å². The molecule has 1 aromatic heterocycles. The monoisotopic (exact) mass is 507 g/mol. The summed E-state index contributed by atoms with van der Waals surface area (Å²) in [5.41, 5.74) is 4.50. The molecule has 1 unspecified atom stereocenters. The van der Waals surface area contributed by atoms with Gasteiger partial charge in [-0.15, -0.1) is 0 Å². The maximum Gasteiger partial charge on any atom is 0.353 e. The van der Waals surface area contributed by atoms with E-state index in [1.807, 2.05) is 37.3 Å². The molecule has 0 saturated carbocycles. The number of allylic oxidation sites excluding steroid dienone is 5. The van der Waals surface area contributed by atoms with E-state index in [0.717, 1.165) is 51.3 Å². The average Bonchev–Trinajstić information content (AvgIpc) is 3.07. The molecule has 0 bridgehead atoms. The summed E-state index contributed by atoms with van der Waals surface area (Å²) in [6, 6.07) is 10.9. The molecular formula is C28H27BrFNO2. The van der Waals surface area contributed by atoms with Gasteiger partial charge in [-0.3, -0.25) is 0 Å². The molecular weight excluding hydrogens is 481 g/mol. The summed E-state index contributed by atoms with van der Waals surface area (Å²) in [5.74, 6) is -0.919. The number of benzene rings is 2. The average molecular weight is 508 g/mol. The number of halogens is 2. The van der Waals surface area contributed by atoms with Crippen LogP contribution in [0.25, 0.3) is 16.5 Å². The van der Waals surface area contributed by atoms with Gasteiger partial charge in [-0.1, -0.05) is 66.7 Å². The predicted molar refractivity (Wildman–Crippen MR) is 136 cm³/mol. The Hall–Kier alpha value is -2.92. The summed E-state index contributed by atoms with van der Waals surface area (Å²) < 4.78 is 17.4. The summed E-state index contributed by atoms with van der Waals surface area (Å²) in [7, 11) is 0. The van der Waals surface area contributed by atoms with E-state index >= 15 is 0 Å². The van der Waals surface area contributed by atoms with Gasteiger partial charge in [0.2, 0.25) is 0 Å². The molecule has 1 heterocycles. The topological polar surface area (TPSA) is 42.2 Å². The SMILES string of the molecule is C=C1/C=C/CC(C)C/C=C\1c1c(C(=O)O)n(Cc2ccc(CC)cc2F)c2ccc(Br)cc12. The number of carboxylic acid groups (broad SMARTS) is 1. The number of hydrogen-bond acceptors (Lipinski definition) is 1. The molecule has 0 radical (unpaired) electrons. The van der Waals surface area contributed by atoms with Crippen LogP contribution in [0.15, 0.2) is 71.3 Å². The van der Waals surface area contributed by atoms with Crippen molar-refractivity contribution in [2.24, 2.45) is 5.92 Å². The third kappa shape index (κ3) is 4.60. The van der Waals surface area contributed by atoms with Crippen molar-refractivity contribution < 1.29 is 14.3 Å². The molecule has 0 amide bonds. The molecule has 0 aliphatic heterocycles. The molecule has 3 aromatic rings. The lowest BCUT2D eigenvalue weighted by Crippen LogP contribution is -2.12. The highest BCUT2D eigenvalue weighted by Crippen LogP contribution is 2.39. The van der Waals surface area contributed by atoms with Crippen LogP contribution in [0.3, 0.4) is 0 Å². The first-order chi connectivity index (χ1) is 15.8. The number of nitrogens with zero attached hydrogens (tertiary/aromatic N) is 1. The Balaban J connectivity index is 1.98. The molecule has 4 rings (SSSR count). The molecule has 0 saturated heterocycles. The van der Waals surface area contributed by atoms with Crippen LogP contribution < -0.4 is 0 Å². The molecule has 0 spiro atoms. The van der Waals surface area contributed by atoms with E-state index in [0.29, 0.717) is 17.0 Å². The highest BCUT2D eigenvalue weighted by molar-refractivity contribution is 9.10. The van der Waals surface area contributed by atoms with Crippen LogP contribution >= 0.6 is 15.9 Å². The Morgan fingerprint density at radius 2 is 2.03 bits per heavy atom. The molecule has 1 atom stereocenters. The van der Waals surface area contributed by atoms with E-state index in [1.54, 1.807) is 10.6 Å². The minimum atomic E-state index is -1.05. The van der Waals surface area contributed by atoms with Gasteiger partial charge in [0.05, 0.1) is 6.54 Å². The van der Waals surface area contributed by atoms with Crippen molar-refractivity contribution in [1.82, 2.24) is 4.57 Å². The Bertz CT molecular complexity index is 1320. The largest absolute Gasteiger partial charge is 0.477 e. The van der Waals surface area contributed by atoms with Gasteiger partial charge in [-0.25, -0.2) is 9.18 Å². The molecule has 3 nitrogen and oxygen atoms in total. The van der Waals surface area contributed by atoms with Gasteiger partial charge in [0.15, 0.2) is 0 Å². The molecule has 170 valence electrons. The smallest absolute Gasteiger partial charge is 0.353 e. The van der Waals surface area contributed by atoms with Gasteiger partial charge < -0.3 is 9.67 Å². The summed E-state index contributed by atoms with van der Waals surface area (Å²) in [5, 5.41) is 11.1. The van der Waals surface area contributed by atoms with E-state index in [1.165, 1.54) is 6.07 Å². The van der Waals surface area contributed by atoms with E-state index in [2.05, 4.69) is 41.6 Å². The van der Waals surface area contributed by atoms with Crippen molar-refractivity contribution in [3.8, 4) is 0 Å². The fourth-order valence-corrected chi connectivity index (χ4v) is 4.80. The Morgan fingerprint density at radius 1 is 1.24 bits per heavy atom. The van der Waals surface area contributed by atoms with Crippen molar-refractivity contribution in [1.29, 1.82) is 0 Å². The van der Waals surface area contributed by atoms with Crippen molar-refractivity contribution in [3.05, 3.63) is 99.5 Å². The van der Waals surface area contributed by atoms with Gasteiger partial charge in [0.1, 0.15) is 11.5 Å². The fourth-order valence-electron chi connectivity index (χ4n) is 4.44. The lowest BCUT2D eigenvalue weighted by Gasteiger charge is -2.15. The standard InChI is InChI=1S/C28H27BrFNO2/c1-4-19-9-10-20(24(30)14-19)16-31-25-13-11-21(29)15-23(25)26(27(31)28(32)33)22-12-8-17(2)6-5-7-18(22)3/h5,7,9-15,17H,3-4,6,8,16H2,1-2H3,(H,32,33)/b7-5+,22-12+. The van der Waals surface area contributed by atoms with Crippen LogP contribution in [0, 0.1) is 11.7 Å². The second-order valence-electron chi connectivity index (χ2n) is 8.68. The van der Waals surface area contributed by atoms with Gasteiger partial charge in [0.25, 0.3) is 0 Å². The first kappa shape index (κ1) is 23.2. The Labute approximate surface area is 202 Å². The molecule has 0 fully saturated rings. The molecule has 1 aliphatic carbocycles. The number of rotatable bonds is 5. The quantitative estimate of drug-likeness (QED) is 0.383. The van der Waals surface area contributed by atoms with Crippen molar-refractivity contribution >= 4 is 38.4 Å². The van der Waals surface area contributed by atoms with Crippen LogP contribution in [0.5, 0.6) is 0 Å². The van der Waals surface area contributed by atoms with E-state index in [4.69, 9.17) is 0 Å². The number of carboxylic acids is 1. The highest BCUT2D eigenvalue weighted by atomic mass is 79.9. The molecule has 5 heteroatoms. The van der Waals surface area contributed by atoms with E-state index in [-0.39, 0.29) is 18.1 Å². The number of fused-ring (bicyclic) bond motifs is 1. The number of aromatic carboxylic acids is 1. The third-order valence-electron chi connectivity index (χ3n) is 6.28. The fraction of sp³-hybridized carbons (Fsp3) is 0.250. The lowest BCUT2D eigenvalue weighted by molar-refractivity contribution is 0.0686. The summed E-state index contributed by atoms with van der Waals surface area (Å²) in [6.07, 6.45) is 8.68. The third-order valence-corrected chi connectivity index (χ3v) is 6.77. The van der Waals surface area contributed by atoms with E-state index < -0.39 is 5.97 Å². The molecule has 2 aromatic carbocycles. The zero-order chi connectivity index (χ0) is 23.7. The van der Waals surface area contributed by atoms with Crippen molar-refractivity contribution in [3.63, 3.8) is 0 Å². The second kappa shape index (κ2) is 9.52. The maximum atomic E-state index is 14.9. The Morgan fingerprint density at radius 3 is 2.73 bits per heavy atom. The van der Waals surface area contributed by atoms with Crippen molar-refractivity contribution in [2.45, 2.75) is 39.7 Å². The van der Waals surface area contributed by atoms with Gasteiger partial charge >= 0.3 is 5.97 Å². The predicted octanol–water partition coefficient (Wildman–Crippen LogP) is 7.78. The zero-order valence-electron chi connectivity index (χ0n) is 18.9. The zero-order valence-corrected chi connectivity index (χ0v) is 20.5. The Kier molecular flexibility index (Phi) is 6.71. The number of aromatic nitrogens is 1. The van der Waals surface area contributed by atoms with Crippen LogP contribution in [0.4, 0.5) is 4.39 Å². The first-order valence-corrected chi connectivity index (χ1v) is 12.0. The summed E-state index contributed by atoms with van der Waals surface area (Å²) in [4.78, 5) is 12.6. The molecule has 1 N–H and O–H groups in total. The highest BCUT2D eigenvalue weighted by Gasteiger charge is 2.26. The van der Waals surface area contributed by atoms with Crippen LogP contribution in [0.1, 0.15) is 53.9 Å².